The second-order valence-electron chi connectivity index (χ2n) is 7.17. The molecule has 0 spiro atoms. The van der Waals surface area contributed by atoms with Crippen LogP contribution in [0.2, 0.25) is 0 Å². The molecule has 9 heteroatoms. The number of rotatable bonds is 9. The van der Waals surface area contributed by atoms with Crippen molar-refractivity contribution in [2.45, 2.75) is 26.1 Å². The number of nitrogens with one attached hydrogen (secondary N) is 2. The molecule has 2 atom stereocenters. The molecule has 2 aromatic carbocycles. The summed E-state index contributed by atoms with van der Waals surface area (Å²) in [5.74, 6) is -0.291. The molecule has 3 rings (SSSR count). The number of aromatic nitrogens is 4. The molecule has 158 valence electrons. The number of carbonyl (C=O) groups excluding carboxylic acids is 1. The molecular weight excluding hydrogens is 407 g/mol. The first-order valence-electron chi connectivity index (χ1n) is 9.63. The van der Waals surface area contributed by atoms with E-state index in [-0.39, 0.29) is 24.4 Å². The van der Waals surface area contributed by atoms with Gasteiger partial charge in [-0.1, -0.05) is 29.8 Å². The van der Waals surface area contributed by atoms with Gasteiger partial charge >= 0.3 is 0 Å². The van der Waals surface area contributed by atoms with Crippen LogP contribution in [0.4, 0.5) is 4.39 Å². The molecule has 0 radical (unpaired) electrons. The van der Waals surface area contributed by atoms with Crippen molar-refractivity contribution in [3.63, 3.8) is 0 Å². The van der Waals surface area contributed by atoms with Crippen LogP contribution in [-0.4, -0.2) is 57.3 Å². The summed E-state index contributed by atoms with van der Waals surface area (Å²) in [6, 6.07) is 13.3. The first-order valence-corrected chi connectivity index (χ1v) is 10.2. The van der Waals surface area contributed by atoms with Crippen molar-refractivity contribution < 1.29 is 9.18 Å². The van der Waals surface area contributed by atoms with Crippen LogP contribution in [0.25, 0.3) is 16.8 Å². The summed E-state index contributed by atoms with van der Waals surface area (Å²) in [5.41, 5.74) is 4.17. The molecule has 1 heterocycles. The van der Waals surface area contributed by atoms with Gasteiger partial charge < -0.3 is 10.6 Å². The summed E-state index contributed by atoms with van der Waals surface area (Å²) in [4.78, 5) is 12.9. The van der Waals surface area contributed by atoms with E-state index in [9.17, 15) is 9.18 Å². The number of amides is 1. The summed E-state index contributed by atoms with van der Waals surface area (Å²) in [7, 11) is 0. The largest absolute Gasteiger partial charge is 0.348 e. The van der Waals surface area contributed by atoms with Gasteiger partial charge in [0.1, 0.15) is 12.5 Å². The highest BCUT2D eigenvalue weighted by molar-refractivity contribution is 6.18. The van der Waals surface area contributed by atoms with E-state index in [2.05, 4.69) is 26.2 Å². The number of tetrazole rings is 1. The van der Waals surface area contributed by atoms with Crippen LogP contribution in [0.5, 0.6) is 0 Å². The second-order valence-corrected chi connectivity index (χ2v) is 7.48. The summed E-state index contributed by atoms with van der Waals surface area (Å²) in [6.45, 7) is 4.45. The number of halogens is 2. The number of nitrogens with zero attached hydrogens (tertiary/aromatic N) is 4. The van der Waals surface area contributed by atoms with Gasteiger partial charge in [0.15, 0.2) is 0 Å². The van der Waals surface area contributed by atoms with E-state index in [1.165, 1.54) is 11.0 Å². The zero-order chi connectivity index (χ0) is 21.5. The molecule has 7 nitrogen and oxygen atoms in total. The van der Waals surface area contributed by atoms with Crippen LogP contribution in [-0.2, 0) is 0 Å². The van der Waals surface area contributed by atoms with Gasteiger partial charge in [-0.15, -0.1) is 16.7 Å². The van der Waals surface area contributed by atoms with E-state index in [0.717, 1.165) is 16.7 Å². The van der Waals surface area contributed by atoms with Gasteiger partial charge in [-0.25, -0.2) is 9.07 Å². The van der Waals surface area contributed by atoms with Gasteiger partial charge in [0.2, 0.25) is 0 Å². The van der Waals surface area contributed by atoms with Crippen molar-refractivity contribution in [2.24, 2.45) is 0 Å². The van der Waals surface area contributed by atoms with E-state index < -0.39 is 6.17 Å². The van der Waals surface area contributed by atoms with Crippen LogP contribution in [0, 0.1) is 6.92 Å². The molecule has 1 unspecified atom stereocenters. The SMILES string of the molecule is Cc1ccc(-c2cc(C(=O)NC(C)CNC[C@@H](F)CCl)cc(-n3cnnn3)c2)cc1. The Balaban J connectivity index is 1.80. The molecule has 30 heavy (non-hydrogen) atoms. The third-order valence-corrected chi connectivity index (χ3v) is 4.87. The fraction of sp³-hybridized carbons (Fsp3) is 0.333. The van der Waals surface area contributed by atoms with Gasteiger partial charge in [0, 0.05) is 24.7 Å². The summed E-state index contributed by atoms with van der Waals surface area (Å²) in [5, 5.41) is 17.2. The van der Waals surface area contributed by atoms with Crippen molar-refractivity contribution in [3.05, 3.63) is 59.9 Å². The molecule has 3 aromatic rings. The molecule has 0 saturated carbocycles. The Morgan fingerprint density at radius 2 is 1.93 bits per heavy atom. The minimum Gasteiger partial charge on any atom is -0.348 e. The highest BCUT2D eigenvalue weighted by atomic mass is 35.5. The van der Waals surface area contributed by atoms with Gasteiger partial charge in [0.05, 0.1) is 11.6 Å². The lowest BCUT2D eigenvalue weighted by Gasteiger charge is -2.16. The van der Waals surface area contributed by atoms with Crippen LogP contribution < -0.4 is 10.6 Å². The molecule has 2 N–H and O–H groups in total. The molecule has 1 amide bonds. The Bertz CT molecular complexity index is 964. The van der Waals surface area contributed by atoms with E-state index in [0.29, 0.717) is 17.8 Å². The monoisotopic (exact) mass is 430 g/mol. The Morgan fingerprint density at radius 3 is 2.60 bits per heavy atom. The smallest absolute Gasteiger partial charge is 0.251 e. The van der Waals surface area contributed by atoms with Gasteiger partial charge in [-0.05, 0) is 53.6 Å². The van der Waals surface area contributed by atoms with Crippen LogP contribution in [0.15, 0.2) is 48.8 Å². The molecule has 0 aliphatic carbocycles. The Labute approximate surface area is 179 Å². The van der Waals surface area contributed by atoms with E-state index >= 15 is 0 Å². The zero-order valence-electron chi connectivity index (χ0n) is 16.8. The number of benzene rings is 2. The molecule has 0 saturated heterocycles. The second kappa shape index (κ2) is 10.3. The summed E-state index contributed by atoms with van der Waals surface area (Å²) in [6.07, 6.45) is 0.367. The quantitative estimate of drug-likeness (QED) is 0.510. The molecule has 0 aliphatic heterocycles. The predicted octanol–water partition coefficient (Wildman–Crippen LogP) is 2.92. The first kappa shape index (κ1) is 21.9. The standard InChI is InChI=1S/C21H24ClFN6O/c1-14-3-5-16(6-4-14)17-7-18(9-20(8-17)29-13-25-27-28-29)21(30)26-15(2)11-24-12-19(23)10-22/h3-9,13,15,19,24H,10-12H2,1-2H3,(H,26,30)/t15?,19-/m0/s1. The maximum absolute atomic E-state index is 13.2. The van der Waals surface area contributed by atoms with Crippen LogP contribution >= 0.6 is 11.6 Å². The van der Waals surface area contributed by atoms with Crippen molar-refractivity contribution in [3.8, 4) is 16.8 Å². The first-order chi connectivity index (χ1) is 14.5. The third kappa shape index (κ3) is 5.84. The van der Waals surface area contributed by atoms with E-state index in [1.807, 2.05) is 50.2 Å². The number of hydrogen-bond acceptors (Lipinski definition) is 5. The highest BCUT2D eigenvalue weighted by Gasteiger charge is 2.14. The van der Waals surface area contributed by atoms with Crippen LogP contribution in [0.1, 0.15) is 22.8 Å². The minimum absolute atomic E-state index is 0.0561. The molecular formula is C21H24ClFN6O. The molecule has 0 bridgehead atoms. The fourth-order valence-corrected chi connectivity index (χ4v) is 3.05. The average Bonchev–Trinajstić information content (AvgIpc) is 3.28. The van der Waals surface area contributed by atoms with Gasteiger partial charge in [-0.3, -0.25) is 4.79 Å². The molecule has 1 aromatic heterocycles. The topological polar surface area (TPSA) is 84.7 Å². The number of carbonyl (C=O) groups is 1. The predicted molar refractivity (Wildman–Crippen MR) is 115 cm³/mol. The van der Waals surface area contributed by atoms with Gasteiger partial charge in [-0.2, -0.15) is 0 Å². The van der Waals surface area contributed by atoms with Crippen LogP contribution in [0.3, 0.4) is 0 Å². The average molecular weight is 431 g/mol. The van der Waals surface area contributed by atoms with Crippen molar-refractivity contribution in [2.75, 3.05) is 19.0 Å². The maximum Gasteiger partial charge on any atom is 0.251 e. The Kier molecular flexibility index (Phi) is 7.48. The minimum atomic E-state index is -1.11. The summed E-state index contributed by atoms with van der Waals surface area (Å²) < 4.78 is 14.7. The summed E-state index contributed by atoms with van der Waals surface area (Å²) >= 11 is 5.46. The Hall–Kier alpha value is -2.84. The number of hydrogen-bond donors (Lipinski definition) is 2. The highest BCUT2D eigenvalue weighted by Crippen LogP contribution is 2.24. The van der Waals surface area contributed by atoms with E-state index in [1.54, 1.807) is 6.07 Å². The van der Waals surface area contributed by atoms with E-state index in [4.69, 9.17) is 11.6 Å². The third-order valence-electron chi connectivity index (χ3n) is 4.54. The van der Waals surface area contributed by atoms with Crippen molar-refractivity contribution >= 4 is 17.5 Å². The maximum atomic E-state index is 13.2. The zero-order valence-corrected chi connectivity index (χ0v) is 17.6. The van der Waals surface area contributed by atoms with Gasteiger partial charge in [0.25, 0.3) is 5.91 Å². The number of aryl methyl sites for hydroxylation is 1. The molecule has 0 aliphatic rings. The lowest BCUT2D eigenvalue weighted by Crippen LogP contribution is -2.41. The van der Waals surface area contributed by atoms with Crippen molar-refractivity contribution in [1.82, 2.24) is 30.8 Å². The van der Waals surface area contributed by atoms with Crippen molar-refractivity contribution in [1.29, 1.82) is 0 Å². The fourth-order valence-electron chi connectivity index (χ4n) is 2.94. The molecule has 0 fully saturated rings. The Morgan fingerprint density at radius 1 is 1.17 bits per heavy atom. The number of alkyl halides is 2. The lowest BCUT2D eigenvalue weighted by atomic mass is 10.0. The lowest BCUT2D eigenvalue weighted by molar-refractivity contribution is 0.0939. The normalized spacial score (nSPS) is 13.1.